The molecule has 2 aromatic heterocycles. The lowest BCUT2D eigenvalue weighted by atomic mass is 10.3. The summed E-state index contributed by atoms with van der Waals surface area (Å²) in [5.74, 6) is 0.917. The zero-order valence-corrected chi connectivity index (χ0v) is 9.63. The van der Waals surface area contributed by atoms with Gasteiger partial charge >= 0.3 is 0 Å². The van der Waals surface area contributed by atoms with Crippen LogP contribution >= 0.6 is 0 Å². The van der Waals surface area contributed by atoms with Gasteiger partial charge in [-0.1, -0.05) is 0 Å². The van der Waals surface area contributed by atoms with E-state index in [0.29, 0.717) is 6.42 Å². The van der Waals surface area contributed by atoms with Crippen LogP contribution in [0.15, 0.2) is 18.3 Å². The number of fused-ring (bicyclic) bond motifs is 1. The lowest BCUT2D eigenvalue weighted by molar-refractivity contribution is 0.292. The number of aromatic nitrogens is 3. The summed E-state index contributed by atoms with van der Waals surface area (Å²) in [4.78, 5) is 8.95. The van der Waals surface area contributed by atoms with E-state index in [1.807, 2.05) is 12.1 Å². The topological polar surface area (TPSA) is 63.0 Å². The van der Waals surface area contributed by atoms with E-state index in [0.717, 1.165) is 30.0 Å². The van der Waals surface area contributed by atoms with Gasteiger partial charge in [-0.05, 0) is 31.5 Å². The maximum atomic E-state index is 9.12. The maximum absolute atomic E-state index is 9.12. The molecule has 2 aromatic rings. The van der Waals surface area contributed by atoms with E-state index in [-0.39, 0.29) is 12.8 Å². The molecule has 5 nitrogen and oxygen atoms in total. The van der Waals surface area contributed by atoms with Crippen LogP contribution in [0, 0.1) is 0 Å². The van der Waals surface area contributed by atoms with E-state index >= 15 is 0 Å². The van der Waals surface area contributed by atoms with Crippen LogP contribution in [0.1, 0.15) is 24.8 Å². The molecule has 0 saturated carbocycles. The van der Waals surface area contributed by atoms with E-state index in [9.17, 15) is 0 Å². The van der Waals surface area contributed by atoms with Gasteiger partial charge in [0.15, 0.2) is 5.65 Å². The molecule has 0 aliphatic carbocycles. The second-order valence-corrected chi connectivity index (χ2v) is 4.33. The smallest absolute Gasteiger partial charge is 0.161 e. The highest BCUT2D eigenvalue weighted by Crippen LogP contribution is 2.24. The van der Waals surface area contributed by atoms with E-state index in [1.165, 1.54) is 6.42 Å². The van der Waals surface area contributed by atoms with Gasteiger partial charge in [0.05, 0.1) is 12.8 Å². The maximum Gasteiger partial charge on any atom is 0.161 e. The molecule has 1 aliphatic rings. The van der Waals surface area contributed by atoms with Crippen molar-refractivity contribution in [1.29, 1.82) is 0 Å². The molecular formula is C12H16N4O. The minimum atomic E-state index is 0.121. The van der Waals surface area contributed by atoms with Gasteiger partial charge in [-0.3, -0.25) is 9.88 Å². The fraction of sp³-hybridized carbons (Fsp3) is 0.500. The van der Waals surface area contributed by atoms with Gasteiger partial charge in [0, 0.05) is 12.6 Å². The average Bonchev–Trinajstić information content (AvgIpc) is 2.94. The molecule has 1 unspecified atom stereocenters. The van der Waals surface area contributed by atoms with Crippen LogP contribution in [0.25, 0.3) is 11.2 Å². The Kier molecular flexibility index (Phi) is 2.78. The van der Waals surface area contributed by atoms with E-state index in [2.05, 4.69) is 19.9 Å². The van der Waals surface area contributed by atoms with Crippen LogP contribution in [0.5, 0.6) is 0 Å². The third kappa shape index (κ3) is 1.81. The number of pyridine rings is 1. The fourth-order valence-electron chi connectivity index (χ4n) is 2.47. The first-order chi connectivity index (χ1) is 8.40. The Morgan fingerprint density at radius 2 is 2.47 bits per heavy atom. The highest BCUT2D eigenvalue weighted by atomic mass is 16.3. The minimum absolute atomic E-state index is 0.121. The standard InChI is InChI=1S/C12H16N4O/c17-8-5-11-15-9-3-1-7-14-12(9)16(11)10-4-2-6-13-10/h1,3,7,10,13,17H,2,4-6,8H2. The van der Waals surface area contributed by atoms with E-state index in [4.69, 9.17) is 5.11 Å². The summed E-state index contributed by atoms with van der Waals surface area (Å²) in [5, 5.41) is 12.6. The van der Waals surface area contributed by atoms with Crippen LogP contribution in [0.4, 0.5) is 0 Å². The fourth-order valence-corrected chi connectivity index (χ4v) is 2.47. The summed E-state index contributed by atoms with van der Waals surface area (Å²) < 4.78 is 2.14. The van der Waals surface area contributed by atoms with Crippen molar-refractivity contribution >= 4 is 11.2 Å². The highest BCUT2D eigenvalue weighted by Gasteiger charge is 2.22. The molecule has 17 heavy (non-hydrogen) atoms. The third-order valence-electron chi connectivity index (χ3n) is 3.20. The molecule has 0 aromatic carbocycles. The molecule has 0 spiro atoms. The molecule has 0 radical (unpaired) electrons. The number of nitrogens with zero attached hydrogens (tertiary/aromatic N) is 3. The Labute approximate surface area is 99.5 Å². The Balaban J connectivity index is 2.13. The van der Waals surface area contributed by atoms with Crippen LogP contribution in [-0.2, 0) is 6.42 Å². The summed E-state index contributed by atoms with van der Waals surface area (Å²) in [6.45, 7) is 1.16. The quantitative estimate of drug-likeness (QED) is 0.823. The van der Waals surface area contributed by atoms with Crippen LogP contribution < -0.4 is 5.32 Å². The number of hydrogen-bond acceptors (Lipinski definition) is 4. The number of aliphatic hydroxyl groups excluding tert-OH is 1. The number of nitrogens with one attached hydrogen (secondary N) is 1. The summed E-state index contributed by atoms with van der Waals surface area (Å²) >= 11 is 0. The van der Waals surface area contributed by atoms with Crippen molar-refractivity contribution in [3.8, 4) is 0 Å². The molecule has 2 N–H and O–H groups in total. The van der Waals surface area contributed by atoms with Crippen molar-refractivity contribution in [3.63, 3.8) is 0 Å². The van der Waals surface area contributed by atoms with Gasteiger partial charge in [-0.15, -0.1) is 0 Å². The summed E-state index contributed by atoms with van der Waals surface area (Å²) in [5.41, 5.74) is 1.82. The lowest BCUT2D eigenvalue weighted by Crippen LogP contribution is -2.22. The first kappa shape index (κ1) is 10.7. The molecular weight excluding hydrogens is 216 g/mol. The molecule has 1 aliphatic heterocycles. The summed E-state index contributed by atoms with van der Waals surface area (Å²) in [6.07, 6.45) is 4.92. The number of imidazole rings is 1. The second-order valence-electron chi connectivity index (χ2n) is 4.33. The molecule has 0 amide bonds. The average molecular weight is 232 g/mol. The highest BCUT2D eigenvalue weighted by molar-refractivity contribution is 5.71. The molecule has 0 bridgehead atoms. The van der Waals surface area contributed by atoms with Gasteiger partial charge in [-0.25, -0.2) is 9.97 Å². The molecule has 5 heteroatoms. The number of aliphatic hydroxyl groups is 1. The van der Waals surface area contributed by atoms with Crippen LogP contribution in [-0.4, -0.2) is 32.8 Å². The van der Waals surface area contributed by atoms with Crippen molar-refractivity contribution in [2.75, 3.05) is 13.2 Å². The van der Waals surface area contributed by atoms with Crippen LogP contribution in [0.2, 0.25) is 0 Å². The van der Waals surface area contributed by atoms with Crippen molar-refractivity contribution < 1.29 is 5.11 Å². The second kappa shape index (κ2) is 4.43. The number of rotatable bonds is 3. The lowest BCUT2D eigenvalue weighted by Gasteiger charge is -2.15. The predicted molar refractivity (Wildman–Crippen MR) is 64.6 cm³/mol. The van der Waals surface area contributed by atoms with Crippen molar-refractivity contribution in [2.24, 2.45) is 0 Å². The van der Waals surface area contributed by atoms with Crippen molar-refractivity contribution in [1.82, 2.24) is 19.9 Å². The first-order valence-corrected chi connectivity index (χ1v) is 6.06. The monoisotopic (exact) mass is 232 g/mol. The minimum Gasteiger partial charge on any atom is -0.396 e. The molecule has 3 heterocycles. The molecule has 1 fully saturated rings. The largest absolute Gasteiger partial charge is 0.396 e. The predicted octanol–water partition coefficient (Wildman–Crippen LogP) is 0.848. The molecule has 1 saturated heterocycles. The van der Waals surface area contributed by atoms with Gasteiger partial charge < -0.3 is 5.11 Å². The Hall–Kier alpha value is -1.46. The Morgan fingerprint density at radius 3 is 3.24 bits per heavy atom. The molecule has 3 rings (SSSR count). The normalized spacial score (nSPS) is 20.2. The van der Waals surface area contributed by atoms with Gasteiger partial charge in [0.25, 0.3) is 0 Å². The van der Waals surface area contributed by atoms with E-state index < -0.39 is 0 Å². The first-order valence-electron chi connectivity index (χ1n) is 6.06. The van der Waals surface area contributed by atoms with Crippen molar-refractivity contribution in [2.45, 2.75) is 25.4 Å². The summed E-state index contributed by atoms with van der Waals surface area (Å²) in [6, 6.07) is 3.86. The van der Waals surface area contributed by atoms with Gasteiger partial charge in [-0.2, -0.15) is 0 Å². The zero-order chi connectivity index (χ0) is 11.7. The van der Waals surface area contributed by atoms with Crippen molar-refractivity contribution in [3.05, 3.63) is 24.2 Å². The molecule has 90 valence electrons. The zero-order valence-electron chi connectivity index (χ0n) is 9.63. The van der Waals surface area contributed by atoms with Gasteiger partial charge in [0.2, 0.25) is 0 Å². The van der Waals surface area contributed by atoms with Crippen LogP contribution in [0.3, 0.4) is 0 Å². The Morgan fingerprint density at radius 1 is 1.53 bits per heavy atom. The van der Waals surface area contributed by atoms with Gasteiger partial charge in [0.1, 0.15) is 11.3 Å². The SMILES string of the molecule is OCCc1nc2cccnc2n1C1CCCN1. The Bertz CT molecular complexity index is 516. The van der Waals surface area contributed by atoms with E-state index in [1.54, 1.807) is 6.20 Å². The number of hydrogen-bond donors (Lipinski definition) is 2. The summed E-state index contributed by atoms with van der Waals surface area (Å²) in [7, 11) is 0. The third-order valence-corrected chi connectivity index (χ3v) is 3.20. The molecule has 1 atom stereocenters.